The van der Waals surface area contributed by atoms with Crippen LogP contribution >= 0.6 is 0 Å². The predicted octanol–water partition coefficient (Wildman–Crippen LogP) is 0.757. The summed E-state index contributed by atoms with van der Waals surface area (Å²) in [6, 6.07) is 5.31. The average Bonchev–Trinajstić information content (AvgIpc) is 2.43. The van der Waals surface area contributed by atoms with Gasteiger partial charge in [0.15, 0.2) is 11.5 Å². The molecule has 1 aliphatic rings. The summed E-state index contributed by atoms with van der Waals surface area (Å²) >= 11 is 0. The Bertz CT molecular complexity index is 462. The fourth-order valence-corrected chi connectivity index (χ4v) is 1.84. The van der Waals surface area contributed by atoms with Gasteiger partial charge in [0.2, 0.25) is 5.91 Å². The van der Waals surface area contributed by atoms with E-state index in [1.807, 2.05) is 0 Å². The minimum Gasteiger partial charge on any atom is -0.486 e. The van der Waals surface area contributed by atoms with Crippen LogP contribution in [0.4, 0.5) is 5.69 Å². The number of aliphatic hydroxyl groups excluding tert-OH is 1. The molecule has 1 unspecified atom stereocenters. The molecule has 1 aliphatic heterocycles. The number of ether oxygens (including phenoxy) is 2. The maximum atomic E-state index is 11.7. The van der Waals surface area contributed by atoms with Crippen LogP contribution in [0, 0.1) is 0 Å². The van der Waals surface area contributed by atoms with Gasteiger partial charge in [-0.05, 0) is 32.0 Å². The first-order chi connectivity index (χ1) is 9.65. The highest BCUT2D eigenvalue weighted by atomic mass is 16.6. The lowest BCUT2D eigenvalue weighted by molar-refractivity contribution is -0.115. The van der Waals surface area contributed by atoms with Crippen LogP contribution in [0.2, 0.25) is 0 Å². The van der Waals surface area contributed by atoms with Crippen LogP contribution in [0.15, 0.2) is 18.2 Å². The molecule has 0 bridgehead atoms. The summed E-state index contributed by atoms with van der Waals surface area (Å²) < 4.78 is 10.9. The second kappa shape index (κ2) is 7.12. The molecular weight excluding hydrogens is 260 g/mol. The number of carbonyl (C=O) groups is 1. The van der Waals surface area contributed by atoms with E-state index < -0.39 is 0 Å². The van der Waals surface area contributed by atoms with Gasteiger partial charge in [0.05, 0.1) is 12.6 Å². The molecule has 1 atom stereocenters. The fraction of sp³-hybridized carbons (Fsp3) is 0.500. The Labute approximate surface area is 118 Å². The predicted molar refractivity (Wildman–Crippen MR) is 75.2 cm³/mol. The van der Waals surface area contributed by atoms with Gasteiger partial charge < -0.3 is 25.2 Å². The first-order valence-corrected chi connectivity index (χ1v) is 6.73. The highest BCUT2D eigenvalue weighted by molar-refractivity contribution is 5.92. The first kappa shape index (κ1) is 14.6. The van der Waals surface area contributed by atoms with Gasteiger partial charge in [-0.2, -0.15) is 0 Å². The van der Waals surface area contributed by atoms with E-state index in [0.717, 1.165) is 0 Å². The molecule has 1 heterocycles. The average molecular weight is 280 g/mol. The van der Waals surface area contributed by atoms with E-state index in [4.69, 9.17) is 14.6 Å². The van der Waals surface area contributed by atoms with Gasteiger partial charge in [-0.15, -0.1) is 0 Å². The first-order valence-electron chi connectivity index (χ1n) is 6.73. The van der Waals surface area contributed by atoms with E-state index in [1.165, 1.54) is 0 Å². The molecule has 20 heavy (non-hydrogen) atoms. The van der Waals surface area contributed by atoms with Crippen molar-refractivity contribution in [1.82, 2.24) is 5.32 Å². The van der Waals surface area contributed by atoms with Gasteiger partial charge >= 0.3 is 0 Å². The maximum absolute atomic E-state index is 11.7. The molecule has 0 aliphatic carbocycles. The monoisotopic (exact) mass is 280 g/mol. The lowest BCUT2D eigenvalue weighted by atomic mass is 10.2. The zero-order valence-electron chi connectivity index (χ0n) is 11.5. The Hall–Kier alpha value is -1.79. The second-order valence-corrected chi connectivity index (χ2v) is 4.72. The molecule has 1 aromatic rings. The number of rotatable bonds is 6. The van der Waals surface area contributed by atoms with Crippen LogP contribution in [0.3, 0.4) is 0 Å². The molecule has 0 saturated carbocycles. The number of benzene rings is 1. The smallest absolute Gasteiger partial charge is 0.238 e. The van der Waals surface area contributed by atoms with Crippen molar-refractivity contribution in [3.63, 3.8) is 0 Å². The largest absolute Gasteiger partial charge is 0.486 e. The van der Waals surface area contributed by atoms with Gasteiger partial charge in [-0.3, -0.25) is 4.79 Å². The van der Waals surface area contributed by atoms with Crippen LogP contribution in [0.1, 0.15) is 13.3 Å². The summed E-state index contributed by atoms with van der Waals surface area (Å²) in [4.78, 5) is 11.7. The number of aliphatic hydroxyl groups is 1. The van der Waals surface area contributed by atoms with Gasteiger partial charge in [0.25, 0.3) is 0 Å². The molecule has 0 radical (unpaired) electrons. The summed E-state index contributed by atoms with van der Waals surface area (Å²) in [7, 11) is 0. The lowest BCUT2D eigenvalue weighted by Gasteiger charge is -2.19. The van der Waals surface area contributed by atoms with Crippen molar-refractivity contribution >= 4 is 11.6 Å². The Morgan fingerprint density at radius 1 is 1.35 bits per heavy atom. The molecule has 0 saturated heterocycles. The normalized spacial score (nSPS) is 14.7. The van der Waals surface area contributed by atoms with Gasteiger partial charge in [0, 0.05) is 11.8 Å². The third kappa shape index (κ3) is 4.40. The summed E-state index contributed by atoms with van der Waals surface area (Å²) in [6.45, 7) is 3.60. The van der Waals surface area contributed by atoms with E-state index in [2.05, 4.69) is 10.6 Å². The summed E-state index contributed by atoms with van der Waals surface area (Å²) in [6.07, 6.45) is 0.264. The molecule has 0 spiro atoms. The van der Waals surface area contributed by atoms with Crippen molar-refractivity contribution in [3.05, 3.63) is 18.2 Å². The molecule has 2 rings (SSSR count). The highest BCUT2D eigenvalue weighted by Crippen LogP contribution is 2.32. The van der Waals surface area contributed by atoms with E-state index in [-0.39, 0.29) is 18.6 Å². The topological polar surface area (TPSA) is 79.8 Å². The summed E-state index contributed by atoms with van der Waals surface area (Å²) in [5, 5.41) is 14.9. The lowest BCUT2D eigenvalue weighted by Crippen LogP contribution is -2.30. The van der Waals surface area contributed by atoms with Crippen LogP contribution in [0.25, 0.3) is 0 Å². The van der Waals surface area contributed by atoms with Crippen molar-refractivity contribution in [2.24, 2.45) is 0 Å². The van der Waals surface area contributed by atoms with E-state index in [1.54, 1.807) is 25.1 Å². The van der Waals surface area contributed by atoms with Gasteiger partial charge in [0.1, 0.15) is 13.2 Å². The third-order valence-electron chi connectivity index (χ3n) is 2.85. The zero-order valence-corrected chi connectivity index (χ0v) is 11.5. The molecule has 110 valence electrons. The molecular formula is C14H20N2O4. The molecule has 6 nitrogen and oxygen atoms in total. The van der Waals surface area contributed by atoms with Crippen LogP contribution in [-0.4, -0.2) is 43.4 Å². The number of fused-ring (bicyclic) bond motifs is 1. The minimum absolute atomic E-state index is 0.132. The molecule has 3 N–H and O–H groups in total. The number of hydrogen-bond acceptors (Lipinski definition) is 5. The SMILES string of the molecule is CC(O)CCNCC(=O)Nc1ccc2c(c1)OCCO2. The molecule has 0 aromatic heterocycles. The number of nitrogens with one attached hydrogen (secondary N) is 2. The highest BCUT2D eigenvalue weighted by Gasteiger charge is 2.12. The van der Waals surface area contributed by atoms with Crippen molar-refractivity contribution in [1.29, 1.82) is 0 Å². The quantitative estimate of drug-likeness (QED) is 0.670. The van der Waals surface area contributed by atoms with E-state index in [0.29, 0.717) is 43.4 Å². The van der Waals surface area contributed by atoms with E-state index >= 15 is 0 Å². The van der Waals surface area contributed by atoms with Crippen molar-refractivity contribution in [2.45, 2.75) is 19.4 Å². The standard InChI is InChI=1S/C14H20N2O4/c1-10(17)4-5-15-9-14(18)16-11-2-3-12-13(8-11)20-7-6-19-12/h2-3,8,10,15,17H,4-7,9H2,1H3,(H,16,18). The fourth-order valence-electron chi connectivity index (χ4n) is 1.84. The van der Waals surface area contributed by atoms with E-state index in [9.17, 15) is 4.79 Å². The van der Waals surface area contributed by atoms with Crippen LogP contribution in [-0.2, 0) is 4.79 Å². The van der Waals surface area contributed by atoms with Crippen molar-refractivity contribution < 1.29 is 19.4 Å². The Morgan fingerprint density at radius 2 is 2.10 bits per heavy atom. The van der Waals surface area contributed by atoms with Crippen LogP contribution in [0.5, 0.6) is 11.5 Å². The Balaban J connectivity index is 1.79. The molecule has 0 fully saturated rings. The van der Waals surface area contributed by atoms with Crippen molar-refractivity contribution in [2.75, 3.05) is 31.6 Å². The van der Waals surface area contributed by atoms with Crippen molar-refractivity contribution in [3.8, 4) is 11.5 Å². The number of carbonyl (C=O) groups excluding carboxylic acids is 1. The Kier molecular flexibility index (Phi) is 5.20. The third-order valence-corrected chi connectivity index (χ3v) is 2.85. The number of hydrogen-bond donors (Lipinski definition) is 3. The van der Waals surface area contributed by atoms with Gasteiger partial charge in [-0.25, -0.2) is 0 Å². The maximum Gasteiger partial charge on any atom is 0.238 e. The van der Waals surface area contributed by atoms with Gasteiger partial charge in [-0.1, -0.05) is 0 Å². The Morgan fingerprint density at radius 3 is 2.85 bits per heavy atom. The number of anilines is 1. The minimum atomic E-state index is -0.358. The van der Waals surface area contributed by atoms with Crippen LogP contribution < -0.4 is 20.1 Å². The molecule has 6 heteroatoms. The zero-order chi connectivity index (χ0) is 14.4. The second-order valence-electron chi connectivity index (χ2n) is 4.72. The molecule has 1 amide bonds. The summed E-state index contributed by atoms with van der Waals surface area (Å²) in [5.41, 5.74) is 0.677. The molecule has 1 aromatic carbocycles. The number of amides is 1. The summed E-state index contributed by atoms with van der Waals surface area (Å²) in [5.74, 6) is 1.22.